The van der Waals surface area contributed by atoms with Crippen LogP contribution in [0.1, 0.15) is 23.7 Å². The average Bonchev–Trinajstić information content (AvgIpc) is 2.63. The van der Waals surface area contributed by atoms with Crippen LogP contribution in [-0.2, 0) is 14.8 Å². The first kappa shape index (κ1) is 15.7. The van der Waals surface area contributed by atoms with Crippen molar-refractivity contribution in [3.05, 3.63) is 23.8 Å². The number of benzene rings is 1. The van der Waals surface area contributed by atoms with E-state index < -0.39 is 16.0 Å². The minimum atomic E-state index is -3.89. The van der Waals surface area contributed by atoms with Crippen LogP contribution in [0.15, 0.2) is 23.1 Å². The quantitative estimate of drug-likeness (QED) is 0.797. The van der Waals surface area contributed by atoms with E-state index in [2.05, 4.69) is 0 Å². The van der Waals surface area contributed by atoms with Gasteiger partial charge in [-0.1, -0.05) is 0 Å². The van der Waals surface area contributed by atoms with Gasteiger partial charge in [-0.05, 0) is 31.5 Å². The van der Waals surface area contributed by atoms with Crippen LogP contribution < -0.4 is 5.73 Å². The number of aromatic carboxylic acids is 1. The molecule has 1 aliphatic rings. The van der Waals surface area contributed by atoms with Gasteiger partial charge in [0.1, 0.15) is 0 Å². The molecule has 1 unspecified atom stereocenters. The number of nitrogens with two attached hydrogens (primary N) is 1. The Morgan fingerprint density at radius 2 is 2.19 bits per heavy atom. The fourth-order valence-electron chi connectivity index (χ4n) is 2.25. The zero-order valence-corrected chi connectivity index (χ0v) is 12.5. The molecular weight excluding hydrogens is 296 g/mol. The predicted octanol–water partition coefficient (Wildman–Crippen LogP) is 0.766. The highest BCUT2D eigenvalue weighted by molar-refractivity contribution is 7.89. The Kier molecular flexibility index (Phi) is 4.50. The van der Waals surface area contributed by atoms with Crippen LogP contribution in [0.2, 0.25) is 0 Å². The lowest BCUT2D eigenvalue weighted by Crippen LogP contribution is -2.36. The molecule has 1 fully saturated rings. The van der Waals surface area contributed by atoms with Gasteiger partial charge in [0.15, 0.2) is 0 Å². The van der Waals surface area contributed by atoms with Gasteiger partial charge in [-0.25, -0.2) is 13.2 Å². The molecule has 3 N–H and O–H groups in total. The molecule has 1 aliphatic heterocycles. The fourth-order valence-corrected chi connectivity index (χ4v) is 3.97. The van der Waals surface area contributed by atoms with Crippen molar-refractivity contribution in [2.75, 3.05) is 25.4 Å². The Morgan fingerprint density at radius 1 is 1.48 bits per heavy atom. The molecule has 8 heteroatoms. The molecule has 0 radical (unpaired) electrons. The summed E-state index contributed by atoms with van der Waals surface area (Å²) in [6, 6.07) is 3.79. The highest BCUT2D eigenvalue weighted by Crippen LogP contribution is 2.24. The van der Waals surface area contributed by atoms with Crippen molar-refractivity contribution in [2.24, 2.45) is 0 Å². The third-order valence-electron chi connectivity index (χ3n) is 3.27. The molecule has 0 aliphatic carbocycles. The van der Waals surface area contributed by atoms with Crippen LogP contribution in [-0.4, -0.2) is 49.6 Å². The third-order valence-corrected chi connectivity index (χ3v) is 5.19. The number of carboxylic acid groups (broad SMARTS) is 1. The molecule has 0 spiro atoms. The van der Waals surface area contributed by atoms with E-state index in [1.165, 1.54) is 16.4 Å². The lowest BCUT2D eigenvalue weighted by Gasteiger charge is -2.22. The van der Waals surface area contributed by atoms with E-state index in [1.54, 1.807) is 6.92 Å². The largest absolute Gasteiger partial charge is 0.478 e. The van der Waals surface area contributed by atoms with Gasteiger partial charge in [0.05, 0.1) is 16.6 Å². The molecule has 0 bridgehead atoms. The zero-order chi connectivity index (χ0) is 15.6. The summed E-state index contributed by atoms with van der Waals surface area (Å²) < 4.78 is 32.1. The highest BCUT2D eigenvalue weighted by Gasteiger charge is 2.31. The summed E-state index contributed by atoms with van der Waals surface area (Å²) in [6.45, 7) is 2.78. The van der Waals surface area contributed by atoms with Crippen LogP contribution in [0.4, 0.5) is 5.69 Å². The minimum Gasteiger partial charge on any atom is -0.478 e. The Morgan fingerprint density at radius 3 is 2.86 bits per heavy atom. The van der Waals surface area contributed by atoms with Crippen molar-refractivity contribution in [3.63, 3.8) is 0 Å². The van der Waals surface area contributed by atoms with E-state index >= 15 is 0 Å². The maximum absolute atomic E-state index is 12.7. The molecule has 1 saturated heterocycles. The monoisotopic (exact) mass is 314 g/mol. The van der Waals surface area contributed by atoms with Crippen molar-refractivity contribution in [2.45, 2.75) is 24.3 Å². The van der Waals surface area contributed by atoms with Gasteiger partial charge in [0.25, 0.3) is 0 Å². The first-order valence-corrected chi connectivity index (χ1v) is 8.01. The molecule has 1 aromatic rings. The molecule has 1 aromatic carbocycles. The van der Waals surface area contributed by atoms with E-state index in [1.807, 2.05) is 0 Å². The second kappa shape index (κ2) is 6.00. The van der Waals surface area contributed by atoms with Crippen LogP contribution in [0, 0.1) is 0 Å². The fraction of sp³-hybridized carbons (Fsp3) is 0.462. The molecule has 1 heterocycles. The maximum atomic E-state index is 12.7. The number of sulfonamides is 1. The van der Waals surface area contributed by atoms with Crippen LogP contribution in [0.3, 0.4) is 0 Å². The number of hydrogen-bond donors (Lipinski definition) is 2. The Bertz CT molecular complexity index is 644. The van der Waals surface area contributed by atoms with E-state index in [4.69, 9.17) is 10.5 Å². The van der Waals surface area contributed by atoms with Crippen molar-refractivity contribution in [1.29, 1.82) is 0 Å². The van der Waals surface area contributed by atoms with Gasteiger partial charge in [-0.3, -0.25) is 0 Å². The van der Waals surface area contributed by atoms with Crippen molar-refractivity contribution >= 4 is 21.7 Å². The number of carbonyl (C=O) groups is 1. The van der Waals surface area contributed by atoms with Gasteiger partial charge < -0.3 is 15.6 Å². The van der Waals surface area contributed by atoms with E-state index in [-0.39, 0.29) is 28.8 Å². The van der Waals surface area contributed by atoms with E-state index in [0.29, 0.717) is 19.6 Å². The number of nitrogen functional groups attached to an aromatic ring is 1. The number of rotatable bonds is 3. The second-order valence-electron chi connectivity index (χ2n) is 4.96. The van der Waals surface area contributed by atoms with Gasteiger partial charge in [-0.2, -0.15) is 4.31 Å². The Hall–Kier alpha value is -1.64. The summed E-state index contributed by atoms with van der Waals surface area (Å²) >= 11 is 0. The molecule has 21 heavy (non-hydrogen) atoms. The van der Waals surface area contributed by atoms with Gasteiger partial charge >= 0.3 is 5.97 Å². The van der Waals surface area contributed by atoms with Crippen molar-refractivity contribution < 1.29 is 23.1 Å². The summed E-state index contributed by atoms with van der Waals surface area (Å²) in [5.41, 5.74) is 5.44. The molecule has 2 rings (SSSR count). The first-order valence-electron chi connectivity index (χ1n) is 6.57. The lowest BCUT2D eigenvalue weighted by atomic mass is 10.2. The smallest absolute Gasteiger partial charge is 0.337 e. The van der Waals surface area contributed by atoms with Gasteiger partial charge in [-0.15, -0.1) is 0 Å². The zero-order valence-electron chi connectivity index (χ0n) is 11.7. The SMILES string of the molecule is CC1CN(S(=O)(=O)c2ccc(N)cc2C(=O)O)CCCO1. The molecule has 7 nitrogen and oxygen atoms in total. The van der Waals surface area contributed by atoms with Crippen LogP contribution >= 0.6 is 0 Å². The number of carboxylic acids is 1. The molecule has 0 saturated carbocycles. The summed E-state index contributed by atoms with van der Waals surface area (Å²) in [7, 11) is -3.89. The van der Waals surface area contributed by atoms with E-state index in [0.717, 1.165) is 6.07 Å². The molecule has 0 amide bonds. The third kappa shape index (κ3) is 3.34. The summed E-state index contributed by atoms with van der Waals surface area (Å²) in [5.74, 6) is -1.32. The van der Waals surface area contributed by atoms with Gasteiger partial charge in [0.2, 0.25) is 10.0 Å². The molecule has 1 atom stereocenters. The highest BCUT2D eigenvalue weighted by atomic mass is 32.2. The minimum absolute atomic E-state index is 0.200. The maximum Gasteiger partial charge on any atom is 0.337 e. The topological polar surface area (TPSA) is 110 Å². The predicted molar refractivity (Wildman–Crippen MR) is 76.6 cm³/mol. The number of ether oxygens (including phenoxy) is 1. The van der Waals surface area contributed by atoms with E-state index in [9.17, 15) is 18.3 Å². The Labute approximate surface area is 123 Å². The standard InChI is InChI=1S/C13H18N2O5S/c1-9-8-15(5-2-6-20-9)21(18,19)12-4-3-10(14)7-11(12)13(16)17/h3-4,7,9H,2,5-6,8,14H2,1H3,(H,16,17). The summed E-state index contributed by atoms with van der Waals surface area (Å²) in [4.78, 5) is 11.0. The summed E-state index contributed by atoms with van der Waals surface area (Å²) in [6.07, 6.45) is 0.338. The molecule has 116 valence electrons. The number of hydrogen-bond acceptors (Lipinski definition) is 5. The molecule has 0 aromatic heterocycles. The van der Waals surface area contributed by atoms with Crippen molar-refractivity contribution in [3.8, 4) is 0 Å². The number of anilines is 1. The summed E-state index contributed by atoms with van der Waals surface area (Å²) in [5, 5.41) is 9.20. The average molecular weight is 314 g/mol. The van der Waals surface area contributed by atoms with Crippen LogP contribution in [0.25, 0.3) is 0 Å². The normalized spacial score (nSPS) is 20.9. The number of nitrogens with zero attached hydrogens (tertiary/aromatic N) is 1. The van der Waals surface area contributed by atoms with Gasteiger partial charge in [0, 0.05) is 25.4 Å². The molecular formula is C13H18N2O5S. The first-order chi connectivity index (χ1) is 9.82. The lowest BCUT2D eigenvalue weighted by molar-refractivity contribution is 0.0692. The van der Waals surface area contributed by atoms with Crippen molar-refractivity contribution in [1.82, 2.24) is 4.31 Å². The Balaban J connectivity index is 2.46. The second-order valence-corrected chi connectivity index (χ2v) is 6.87. The van der Waals surface area contributed by atoms with Crippen LogP contribution in [0.5, 0.6) is 0 Å².